The number of H-pyrrole nitrogens is 3. The molecule has 6 N–H and O–H groups in total. The molecule has 3 atom stereocenters. The van der Waals surface area contributed by atoms with E-state index in [9.17, 15) is 29.7 Å². The van der Waals surface area contributed by atoms with Crippen molar-refractivity contribution in [1.82, 2.24) is 15.0 Å². The van der Waals surface area contributed by atoms with Crippen molar-refractivity contribution < 1.29 is 29.7 Å². The molecule has 0 bridgehead atoms. The Morgan fingerprint density at radius 3 is 0.942 bits per heavy atom. The number of unbranched alkanes of at least 4 members (excludes halogenated alkanes) is 3. The van der Waals surface area contributed by atoms with E-state index in [1.54, 1.807) is 22.7 Å². The molecular formula is C90H92N6O6S2. The number of aromatic amines is 3. The molecule has 0 radical (unpaired) electrons. The normalized spacial score (nSPS) is 13.8. The maximum atomic E-state index is 13.0. The molecule has 0 fully saturated rings. The van der Waals surface area contributed by atoms with Crippen LogP contribution in [0.4, 0.5) is 0 Å². The molecule has 3 aliphatic rings. The predicted octanol–water partition coefficient (Wildman–Crippen LogP) is 22.9. The topological polar surface area (TPSA) is 196 Å². The summed E-state index contributed by atoms with van der Waals surface area (Å²) in [4.78, 5) is 63.0. The van der Waals surface area contributed by atoms with E-state index in [4.69, 9.17) is 0 Å². The number of benzene rings is 6. The van der Waals surface area contributed by atoms with Crippen LogP contribution in [0.15, 0.2) is 202 Å². The summed E-state index contributed by atoms with van der Waals surface area (Å²) >= 11 is 3.37. The molecule has 3 unspecified atom stereocenters. The highest BCUT2D eigenvalue weighted by molar-refractivity contribution is 7.11. The highest BCUT2D eigenvalue weighted by Crippen LogP contribution is 2.42. The summed E-state index contributed by atoms with van der Waals surface area (Å²) in [5.74, 6) is 1.08. The van der Waals surface area contributed by atoms with E-state index in [0.717, 1.165) is 63.8 Å². The molecule has 104 heavy (non-hydrogen) atoms. The van der Waals surface area contributed by atoms with Crippen molar-refractivity contribution in [2.45, 2.75) is 138 Å². The van der Waals surface area contributed by atoms with Gasteiger partial charge in [0.05, 0.1) is 67.6 Å². The van der Waals surface area contributed by atoms with E-state index in [-0.39, 0.29) is 35.4 Å². The van der Waals surface area contributed by atoms with Gasteiger partial charge in [0.2, 0.25) is 0 Å². The Bertz CT molecular complexity index is 4900. The molecule has 8 heterocycles. The van der Waals surface area contributed by atoms with Crippen LogP contribution in [0.5, 0.6) is 17.6 Å². The van der Waals surface area contributed by atoms with E-state index in [0.29, 0.717) is 85.4 Å². The molecule has 3 amide bonds. The number of thiophene rings is 2. The molecule has 0 spiro atoms. The van der Waals surface area contributed by atoms with Crippen molar-refractivity contribution in [2.75, 3.05) is 0 Å². The SMILES string of the molecule is CCCCC(CC)Cc1ccc(C2=NC(=O)c3c(-c4ccc(CC(CC)CCCC)cc4)[nH]c(O)c32)cc1.CCCCC(CC)Cc1ccc(C2=NC(=O)c3c(-c4ccccc4)[nH]c(O)c32)cc1.O=C1N=C(c2ccc(/C=C/c3cccs3)cc2)c2c(O)[nH]c(-c3ccc(/C=C/c4cccs4)cc3)c21. The number of aromatic hydroxyl groups is 3. The maximum Gasteiger partial charge on any atom is 0.280 e. The van der Waals surface area contributed by atoms with Gasteiger partial charge in [0.25, 0.3) is 17.7 Å². The number of rotatable bonds is 28. The zero-order valence-corrected chi connectivity index (χ0v) is 61.9. The lowest BCUT2D eigenvalue weighted by Gasteiger charge is -2.14. The number of hydrogen-bond acceptors (Lipinski definition) is 8. The first-order chi connectivity index (χ1) is 50.8. The van der Waals surface area contributed by atoms with Crippen molar-refractivity contribution in [2.24, 2.45) is 32.7 Å². The third-order valence-corrected chi connectivity index (χ3v) is 21.9. The van der Waals surface area contributed by atoms with Crippen molar-refractivity contribution >= 4 is 81.8 Å². The zero-order chi connectivity index (χ0) is 72.6. The lowest BCUT2D eigenvalue weighted by Crippen LogP contribution is -2.04. The first-order valence-corrected chi connectivity index (χ1v) is 38.7. The van der Waals surface area contributed by atoms with Crippen molar-refractivity contribution in [3.63, 3.8) is 0 Å². The number of aliphatic imine (C=N–C) groups is 3. The molecule has 5 aromatic heterocycles. The predicted molar refractivity (Wildman–Crippen MR) is 430 cm³/mol. The number of carbonyl (C=O) groups excluding carboxylic acids is 3. The average Bonchev–Trinajstić information content (AvgIpc) is 1.61. The minimum absolute atomic E-state index is 0.00368. The maximum absolute atomic E-state index is 13.0. The molecule has 3 aliphatic heterocycles. The van der Waals surface area contributed by atoms with E-state index in [2.05, 4.69) is 150 Å². The van der Waals surface area contributed by atoms with Crippen LogP contribution in [-0.2, 0) is 19.3 Å². The van der Waals surface area contributed by atoms with Crippen molar-refractivity contribution in [1.29, 1.82) is 0 Å². The minimum Gasteiger partial charge on any atom is -0.494 e. The number of fused-ring (bicyclic) bond motifs is 3. The second kappa shape index (κ2) is 34.6. The summed E-state index contributed by atoms with van der Waals surface area (Å²) < 4.78 is 0. The number of amides is 3. The summed E-state index contributed by atoms with van der Waals surface area (Å²) in [6.45, 7) is 13.5. The summed E-state index contributed by atoms with van der Waals surface area (Å²) in [5.41, 5.74) is 17.3. The van der Waals surface area contributed by atoms with Gasteiger partial charge in [-0.15, -0.1) is 22.7 Å². The van der Waals surface area contributed by atoms with Gasteiger partial charge < -0.3 is 30.3 Å². The average molecular weight is 1420 g/mol. The molecule has 530 valence electrons. The number of hydrogen-bond donors (Lipinski definition) is 6. The van der Waals surface area contributed by atoms with Gasteiger partial charge in [0.1, 0.15) is 0 Å². The van der Waals surface area contributed by atoms with Gasteiger partial charge in [-0.05, 0) is 117 Å². The molecule has 12 nitrogen and oxygen atoms in total. The standard InChI is InChI=1S/C34H44N2O2.C30H20N2O2S2.C26H28N2O2/c1-5-9-11-23(7-3)21-25-13-17-27(18-14-25)31-29-30(34(38)35-31)32(36-33(29)37)28-19-15-26(16-20-28)22-24(8-4)12-10-6-2;33-29-25-26(28(32-29)22-13-7-20(8-14-22)10-16-24-4-2-18-36-24)30(34)31-27(25)21-11-5-19(6-12-21)9-15-23-3-1-17-35-23;1-3-5-9-17(4-2)16-18-12-14-20(15-13-18)24-22-21(25(29)28-24)23(27-26(22)30)19-10-7-6-8-11-19/h13-20,23-24,35,38H,5-12,21-22H2,1-4H3;1-18,31,34H;6-8,10-15,17,27,30H,3-5,9,16H2,1-2H3/b;15-9+,16-10+;. The third kappa shape index (κ3) is 17.1. The molecule has 6 aromatic carbocycles. The fourth-order valence-electron chi connectivity index (χ4n) is 14.2. The van der Waals surface area contributed by atoms with Crippen molar-refractivity contribution in [3.8, 4) is 51.4 Å². The van der Waals surface area contributed by atoms with Gasteiger partial charge >= 0.3 is 0 Å². The summed E-state index contributed by atoms with van der Waals surface area (Å²) in [7, 11) is 0. The fraction of sp³-hybridized carbons (Fsp3) is 0.267. The Morgan fingerprint density at radius 1 is 0.346 bits per heavy atom. The smallest absolute Gasteiger partial charge is 0.280 e. The second-order valence-corrected chi connectivity index (χ2v) is 29.3. The van der Waals surface area contributed by atoms with Crippen molar-refractivity contribution in [3.05, 3.63) is 274 Å². The number of carbonyl (C=O) groups is 3. The third-order valence-electron chi connectivity index (χ3n) is 20.2. The van der Waals surface area contributed by atoms with Crippen LogP contribution in [0.3, 0.4) is 0 Å². The molecule has 11 aromatic rings. The number of nitrogens with one attached hydrogen (secondary N) is 3. The monoisotopic (exact) mass is 1420 g/mol. The quantitative estimate of drug-likeness (QED) is 0.0282. The van der Waals surface area contributed by atoms with Crippen LogP contribution in [0.25, 0.3) is 58.1 Å². The van der Waals surface area contributed by atoms with Crippen LogP contribution in [-0.4, -0.2) is 65.1 Å². The first-order valence-electron chi connectivity index (χ1n) is 37.0. The van der Waals surface area contributed by atoms with E-state index < -0.39 is 0 Å². The lowest BCUT2D eigenvalue weighted by atomic mass is 9.91. The summed E-state index contributed by atoms with van der Waals surface area (Å²) in [6.07, 6.45) is 26.3. The Balaban J connectivity index is 0.000000148. The van der Waals surface area contributed by atoms with Gasteiger partial charge in [-0.3, -0.25) is 14.4 Å². The van der Waals surface area contributed by atoms with E-state index in [1.807, 2.05) is 132 Å². The van der Waals surface area contributed by atoms with Gasteiger partial charge in [-0.25, -0.2) is 15.0 Å². The molecule has 0 saturated carbocycles. The number of aromatic nitrogens is 3. The lowest BCUT2D eigenvalue weighted by molar-refractivity contribution is 0.0998. The second-order valence-electron chi connectivity index (χ2n) is 27.4. The summed E-state index contributed by atoms with van der Waals surface area (Å²) in [6, 6.07) is 58.5. The Hall–Kier alpha value is -10.5. The van der Waals surface area contributed by atoms with Gasteiger partial charge in [0, 0.05) is 26.4 Å². The molecule has 0 aliphatic carbocycles. The van der Waals surface area contributed by atoms with Crippen LogP contribution in [0, 0.1) is 17.8 Å². The van der Waals surface area contributed by atoms with Gasteiger partial charge in [0.15, 0.2) is 17.6 Å². The molecular weight excluding hydrogens is 1330 g/mol. The van der Waals surface area contributed by atoms with Crippen LogP contribution in [0.1, 0.15) is 221 Å². The van der Waals surface area contributed by atoms with Gasteiger partial charge in [-0.1, -0.05) is 295 Å². The Kier molecular flexibility index (Phi) is 24.4. The number of nitrogens with zero attached hydrogens (tertiary/aromatic N) is 3. The van der Waals surface area contributed by atoms with Crippen LogP contribution >= 0.6 is 22.7 Å². The minimum atomic E-state index is -0.352. The molecule has 0 saturated heterocycles. The Labute approximate surface area is 618 Å². The zero-order valence-electron chi connectivity index (χ0n) is 60.3. The molecule has 14 heteroatoms. The Morgan fingerprint density at radius 2 is 0.644 bits per heavy atom. The van der Waals surface area contributed by atoms with E-state index >= 15 is 0 Å². The largest absolute Gasteiger partial charge is 0.494 e. The first kappa shape index (κ1) is 73.2. The highest BCUT2D eigenvalue weighted by Gasteiger charge is 2.36. The van der Waals surface area contributed by atoms with Crippen LogP contribution in [0.2, 0.25) is 0 Å². The summed E-state index contributed by atoms with van der Waals surface area (Å²) in [5, 5.41) is 36.3. The molecule has 14 rings (SSSR count). The fourth-order valence-corrected chi connectivity index (χ4v) is 15.4. The van der Waals surface area contributed by atoms with E-state index in [1.165, 1.54) is 103 Å². The van der Waals surface area contributed by atoms with Gasteiger partial charge in [-0.2, -0.15) is 0 Å². The van der Waals surface area contributed by atoms with Crippen LogP contribution < -0.4 is 0 Å². The highest BCUT2D eigenvalue weighted by atomic mass is 32.1.